The molecule has 1 amide bonds. The summed E-state index contributed by atoms with van der Waals surface area (Å²) < 4.78 is 10.1. The van der Waals surface area contributed by atoms with E-state index in [0.29, 0.717) is 36.4 Å². The van der Waals surface area contributed by atoms with Crippen LogP contribution in [0.4, 0.5) is 0 Å². The molecule has 0 fully saturated rings. The number of Topliss-reactive ketones (excluding diaryl/α,β-unsaturated/α-hetero) is 1. The molecule has 0 aromatic carbocycles. The smallest absolute Gasteiger partial charge is 0.355 e. The van der Waals surface area contributed by atoms with Gasteiger partial charge in [-0.1, -0.05) is 13.8 Å². The molecule has 0 saturated heterocycles. The van der Waals surface area contributed by atoms with E-state index in [2.05, 4.69) is 4.98 Å². The summed E-state index contributed by atoms with van der Waals surface area (Å²) in [5.74, 6) is -0.574. The first kappa shape index (κ1) is 21.9. The van der Waals surface area contributed by atoms with E-state index in [9.17, 15) is 14.4 Å². The van der Waals surface area contributed by atoms with Gasteiger partial charge >= 0.3 is 5.97 Å². The van der Waals surface area contributed by atoms with Crippen molar-refractivity contribution in [2.45, 2.75) is 41.0 Å². The van der Waals surface area contributed by atoms with Crippen molar-refractivity contribution in [2.75, 3.05) is 33.4 Å². The number of amides is 1. The Morgan fingerprint density at radius 1 is 1.19 bits per heavy atom. The molecular weight excluding hydrogens is 336 g/mol. The average Bonchev–Trinajstić information content (AvgIpc) is 2.85. The zero-order chi connectivity index (χ0) is 19.9. The summed E-state index contributed by atoms with van der Waals surface area (Å²) in [5.41, 5.74) is 1.87. The van der Waals surface area contributed by atoms with E-state index in [-0.39, 0.29) is 36.5 Å². The zero-order valence-corrected chi connectivity index (χ0v) is 16.6. The van der Waals surface area contributed by atoms with Crippen molar-refractivity contribution in [3.8, 4) is 0 Å². The molecule has 1 aromatic heterocycles. The number of esters is 1. The van der Waals surface area contributed by atoms with Gasteiger partial charge < -0.3 is 19.4 Å². The molecule has 26 heavy (non-hydrogen) atoms. The summed E-state index contributed by atoms with van der Waals surface area (Å²) in [6.07, 6.45) is 0.371. The third-order valence-corrected chi connectivity index (χ3v) is 4.03. The number of hydrogen-bond donors (Lipinski definition) is 1. The molecule has 7 heteroatoms. The van der Waals surface area contributed by atoms with Crippen LogP contribution in [0.3, 0.4) is 0 Å². The Morgan fingerprint density at radius 2 is 1.85 bits per heavy atom. The summed E-state index contributed by atoms with van der Waals surface area (Å²) in [4.78, 5) is 41.7. The topological polar surface area (TPSA) is 88.7 Å². The molecule has 0 aliphatic rings. The van der Waals surface area contributed by atoms with Crippen molar-refractivity contribution in [3.05, 3.63) is 22.5 Å². The van der Waals surface area contributed by atoms with Crippen LogP contribution in [-0.4, -0.2) is 61.0 Å². The largest absolute Gasteiger partial charge is 0.461 e. The Kier molecular flexibility index (Phi) is 8.51. The number of carbonyl (C=O) groups is 3. The number of carbonyl (C=O) groups excluding carboxylic acids is 3. The minimum Gasteiger partial charge on any atom is -0.461 e. The van der Waals surface area contributed by atoms with Crippen LogP contribution in [0.25, 0.3) is 0 Å². The first-order valence-electron chi connectivity index (χ1n) is 8.89. The van der Waals surface area contributed by atoms with Gasteiger partial charge in [-0.15, -0.1) is 0 Å². The molecule has 1 heterocycles. The first-order chi connectivity index (χ1) is 12.2. The van der Waals surface area contributed by atoms with Crippen LogP contribution in [0.5, 0.6) is 0 Å². The molecule has 1 N–H and O–H groups in total. The minimum absolute atomic E-state index is 0.0449. The number of nitrogens with one attached hydrogen (secondary N) is 1. The summed E-state index contributed by atoms with van der Waals surface area (Å²) in [6.45, 7) is 10.0. The number of ketones is 1. The predicted molar refractivity (Wildman–Crippen MR) is 98.5 cm³/mol. The van der Waals surface area contributed by atoms with E-state index in [1.54, 1.807) is 27.9 Å². The molecule has 0 unspecified atom stereocenters. The summed E-state index contributed by atoms with van der Waals surface area (Å²) in [6, 6.07) is 0. The Bertz CT molecular complexity index is 649. The predicted octanol–water partition coefficient (Wildman–Crippen LogP) is 2.51. The van der Waals surface area contributed by atoms with Crippen LogP contribution in [0, 0.1) is 19.8 Å². The van der Waals surface area contributed by atoms with Crippen LogP contribution in [0.2, 0.25) is 0 Å². The second-order valence-electron chi connectivity index (χ2n) is 6.67. The minimum atomic E-state index is -0.487. The number of aromatic amines is 1. The van der Waals surface area contributed by atoms with Gasteiger partial charge in [0.25, 0.3) is 0 Å². The van der Waals surface area contributed by atoms with Crippen molar-refractivity contribution in [1.29, 1.82) is 0 Å². The highest BCUT2D eigenvalue weighted by Gasteiger charge is 2.25. The number of ether oxygens (including phenoxy) is 2. The van der Waals surface area contributed by atoms with Crippen molar-refractivity contribution >= 4 is 17.7 Å². The fourth-order valence-electron chi connectivity index (χ4n) is 2.80. The number of aromatic nitrogens is 1. The number of hydrogen-bond acceptors (Lipinski definition) is 5. The molecule has 146 valence electrons. The Hall–Kier alpha value is -2.15. The summed E-state index contributed by atoms with van der Waals surface area (Å²) in [7, 11) is 1.55. The number of nitrogens with zero attached hydrogens (tertiary/aromatic N) is 1. The first-order valence-corrected chi connectivity index (χ1v) is 8.89. The van der Waals surface area contributed by atoms with Crippen molar-refractivity contribution in [2.24, 2.45) is 5.92 Å². The number of methoxy groups -OCH3 is 1. The van der Waals surface area contributed by atoms with E-state index >= 15 is 0 Å². The summed E-state index contributed by atoms with van der Waals surface area (Å²) >= 11 is 0. The quantitative estimate of drug-likeness (QED) is 0.508. The fraction of sp³-hybridized carbons (Fsp3) is 0.632. The molecule has 0 radical (unpaired) electrons. The lowest BCUT2D eigenvalue weighted by molar-refractivity contribution is -0.132. The van der Waals surface area contributed by atoms with E-state index < -0.39 is 5.97 Å². The van der Waals surface area contributed by atoms with Crippen LogP contribution in [-0.2, 0) is 14.3 Å². The maximum atomic E-state index is 12.8. The second kappa shape index (κ2) is 10.1. The fourth-order valence-corrected chi connectivity index (χ4v) is 2.80. The molecular formula is C19H30N2O5. The lowest BCUT2D eigenvalue weighted by Gasteiger charge is -2.23. The molecule has 0 saturated carbocycles. The molecule has 0 spiro atoms. The summed E-state index contributed by atoms with van der Waals surface area (Å²) in [5, 5.41) is 0. The Labute approximate surface area is 155 Å². The number of H-pyrrole nitrogens is 1. The van der Waals surface area contributed by atoms with Gasteiger partial charge in [0.2, 0.25) is 5.91 Å². The molecule has 0 aliphatic heterocycles. The van der Waals surface area contributed by atoms with Gasteiger partial charge in [-0.05, 0) is 32.3 Å². The van der Waals surface area contributed by atoms with Gasteiger partial charge in [-0.3, -0.25) is 9.59 Å². The second-order valence-corrected chi connectivity index (χ2v) is 6.67. The zero-order valence-electron chi connectivity index (χ0n) is 16.6. The van der Waals surface area contributed by atoms with Gasteiger partial charge in [0.05, 0.1) is 19.8 Å². The van der Waals surface area contributed by atoms with Crippen molar-refractivity contribution < 1.29 is 23.9 Å². The van der Waals surface area contributed by atoms with Crippen molar-refractivity contribution in [1.82, 2.24) is 9.88 Å². The number of rotatable bonds is 10. The van der Waals surface area contributed by atoms with Crippen molar-refractivity contribution in [3.63, 3.8) is 0 Å². The normalized spacial score (nSPS) is 10.9. The van der Waals surface area contributed by atoms with Crippen LogP contribution >= 0.6 is 0 Å². The Morgan fingerprint density at radius 3 is 2.38 bits per heavy atom. The van der Waals surface area contributed by atoms with Gasteiger partial charge in [0.15, 0.2) is 5.78 Å². The third kappa shape index (κ3) is 5.69. The van der Waals surface area contributed by atoms with Gasteiger partial charge in [-0.2, -0.15) is 0 Å². The van der Waals surface area contributed by atoms with E-state index in [0.717, 1.165) is 0 Å². The molecule has 1 aromatic rings. The van der Waals surface area contributed by atoms with Crippen LogP contribution < -0.4 is 0 Å². The van der Waals surface area contributed by atoms with Gasteiger partial charge in [0, 0.05) is 31.3 Å². The average molecular weight is 366 g/mol. The van der Waals surface area contributed by atoms with E-state index in [1.165, 1.54) is 4.90 Å². The molecule has 0 aliphatic carbocycles. The Balaban J connectivity index is 3.02. The molecule has 0 atom stereocenters. The monoisotopic (exact) mass is 366 g/mol. The van der Waals surface area contributed by atoms with Crippen LogP contribution in [0.1, 0.15) is 59.3 Å². The third-order valence-electron chi connectivity index (χ3n) is 4.03. The highest BCUT2D eigenvalue weighted by Crippen LogP contribution is 2.20. The highest BCUT2D eigenvalue weighted by atomic mass is 16.5. The maximum absolute atomic E-state index is 12.8. The van der Waals surface area contributed by atoms with Crippen LogP contribution in [0.15, 0.2) is 0 Å². The lowest BCUT2D eigenvalue weighted by Crippen LogP contribution is -2.38. The van der Waals surface area contributed by atoms with Gasteiger partial charge in [0.1, 0.15) is 5.69 Å². The van der Waals surface area contributed by atoms with E-state index in [4.69, 9.17) is 9.47 Å². The van der Waals surface area contributed by atoms with E-state index in [1.807, 2.05) is 13.8 Å². The lowest BCUT2D eigenvalue weighted by atomic mass is 10.0. The molecule has 0 bridgehead atoms. The highest BCUT2D eigenvalue weighted by molar-refractivity contribution is 6.04. The standard InChI is InChI=1S/C19H30N2O5/c1-7-26-19(24)18-13(4)17(14(5)20-18)15(22)11-21(8-9-25-6)16(23)10-12(2)3/h12,20H,7-11H2,1-6H3. The maximum Gasteiger partial charge on any atom is 0.355 e. The molecule has 1 rings (SSSR count). The SMILES string of the molecule is CCOC(=O)c1[nH]c(C)c(C(=O)CN(CCOC)C(=O)CC(C)C)c1C. The molecule has 7 nitrogen and oxygen atoms in total. The van der Waals surface area contributed by atoms with Gasteiger partial charge in [-0.25, -0.2) is 4.79 Å². The number of aryl methyl sites for hydroxylation is 1.